The molecule has 1 atom stereocenters. The van der Waals surface area contributed by atoms with Crippen LogP contribution in [0, 0.1) is 5.92 Å². The van der Waals surface area contributed by atoms with Gasteiger partial charge in [-0.05, 0) is 67.8 Å². The maximum absolute atomic E-state index is 11.9. The van der Waals surface area contributed by atoms with Gasteiger partial charge in [0.15, 0.2) is 0 Å². The molecule has 1 saturated heterocycles. The highest BCUT2D eigenvalue weighted by atomic mass is 16.4. The average molecular weight is 486 g/mol. The summed E-state index contributed by atoms with van der Waals surface area (Å²) in [5, 5.41) is 11.0. The summed E-state index contributed by atoms with van der Waals surface area (Å²) in [6, 6.07) is 14.7. The first kappa shape index (κ1) is 23.6. The molecule has 1 aromatic heterocycles. The number of aromatic nitrogens is 1. The van der Waals surface area contributed by atoms with Crippen molar-refractivity contribution in [2.45, 2.75) is 64.3 Å². The van der Waals surface area contributed by atoms with Gasteiger partial charge in [0.1, 0.15) is 0 Å². The molecule has 5 heteroatoms. The number of aromatic carboxylic acids is 1. The van der Waals surface area contributed by atoms with Gasteiger partial charge >= 0.3 is 5.97 Å². The van der Waals surface area contributed by atoms with Crippen LogP contribution >= 0.6 is 0 Å². The number of carbonyl (C=O) groups is 1. The number of carboxylic acid groups (broad SMARTS) is 1. The van der Waals surface area contributed by atoms with Crippen LogP contribution in [0.25, 0.3) is 22.2 Å². The normalized spacial score (nSPS) is 21.2. The summed E-state index contributed by atoms with van der Waals surface area (Å²) in [5.41, 5.74) is 6.92. The smallest absolute Gasteiger partial charge is 0.335 e. The second-order valence-electron chi connectivity index (χ2n) is 11.3. The number of anilines is 1. The number of fused-ring (bicyclic) bond motifs is 5. The molecular formula is C31H39N3O2. The molecule has 2 fully saturated rings. The van der Waals surface area contributed by atoms with Crippen LogP contribution in [0.5, 0.6) is 0 Å². The number of benzene rings is 2. The first-order valence-electron chi connectivity index (χ1n) is 14.1. The highest BCUT2D eigenvalue weighted by Gasteiger charge is 2.30. The number of rotatable bonds is 5. The molecule has 6 rings (SSSR count). The third kappa shape index (κ3) is 4.32. The molecule has 3 aliphatic rings. The van der Waals surface area contributed by atoms with Gasteiger partial charge in [0.25, 0.3) is 0 Å². The minimum Gasteiger partial charge on any atom is -0.478 e. The SMILES string of the molecule is CC1CCCN(CCN2CCn3c(c(C4CCCCC4)c4ccc(C(=O)O)cc43)-c3ccccc32)C1. The molecule has 36 heavy (non-hydrogen) atoms. The lowest BCUT2D eigenvalue weighted by Crippen LogP contribution is -2.40. The van der Waals surface area contributed by atoms with Crippen LogP contribution in [0.15, 0.2) is 42.5 Å². The molecule has 1 saturated carbocycles. The number of piperidine rings is 1. The lowest BCUT2D eigenvalue weighted by Gasteiger charge is -2.33. The van der Waals surface area contributed by atoms with Gasteiger partial charge in [0.2, 0.25) is 0 Å². The zero-order valence-corrected chi connectivity index (χ0v) is 21.6. The van der Waals surface area contributed by atoms with E-state index in [1.165, 1.54) is 85.9 Å². The monoisotopic (exact) mass is 485 g/mol. The number of likely N-dealkylation sites (tertiary alicyclic amines) is 1. The summed E-state index contributed by atoms with van der Waals surface area (Å²) in [4.78, 5) is 17.1. The van der Waals surface area contributed by atoms with Crippen molar-refractivity contribution in [2.75, 3.05) is 37.6 Å². The molecule has 1 N–H and O–H groups in total. The van der Waals surface area contributed by atoms with Gasteiger partial charge in [0, 0.05) is 54.9 Å². The van der Waals surface area contributed by atoms with Crippen molar-refractivity contribution in [3.8, 4) is 11.3 Å². The Morgan fingerprint density at radius 3 is 2.58 bits per heavy atom. The Balaban J connectivity index is 1.44. The van der Waals surface area contributed by atoms with E-state index in [0.29, 0.717) is 11.5 Å². The van der Waals surface area contributed by atoms with Crippen molar-refractivity contribution in [3.63, 3.8) is 0 Å². The van der Waals surface area contributed by atoms with Crippen LogP contribution in [-0.4, -0.2) is 53.3 Å². The zero-order chi connectivity index (χ0) is 24.6. The molecular weight excluding hydrogens is 446 g/mol. The number of nitrogens with zero attached hydrogens (tertiary/aromatic N) is 3. The predicted octanol–water partition coefficient (Wildman–Crippen LogP) is 6.61. The molecule has 3 heterocycles. The minimum absolute atomic E-state index is 0.381. The minimum atomic E-state index is -0.849. The Hall–Kier alpha value is -2.79. The summed E-state index contributed by atoms with van der Waals surface area (Å²) in [5.74, 6) is 0.490. The Labute approximate surface area is 214 Å². The first-order valence-corrected chi connectivity index (χ1v) is 14.1. The Morgan fingerprint density at radius 1 is 0.944 bits per heavy atom. The number of hydrogen-bond donors (Lipinski definition) is 1. The summed E-state index contributed by atoms with van der Waals surface area (Å²) in [6.07, 6.45) is 9.02. The van der Waals surface area contributed by atoms with Gasteiger partial charge in [-0.25, -0.2) is 4.79 Å². The maximum atomic E-state index is 11.9. The molecule has 2 aliphatic heterocycles. The summed E-state index contributed by atoms with van der Waals surface area (Å²) in [7, 11) is 0. The fourth-order valence-corrected chi connectivity index (χ4v) is 7.11. The first-order chi connectivity index (χ1) is 17.6. The molecule has 2 aromatic carbocycles. The predicted molar refractivity (Wildman–Crippen MR) is 147 cm³/mol. The van der Waals surface area contributed by atoms with Gasteiger partial charge in [-0.1, -0.05) is 50.5 Å². The average Bonchev–Trinajstić information content (AvgIpc) is 3.13. The van der Waals surface area contributed by atoms with Crippen LogP contribution in [0.2, 0.25) is 0 Å². The number of para-hydroxylation sites is 1. The molecule has 1 unspecified atom stereocenters. The lowest BCUT2D eigenvalue weighted by molar-refractivity contribution is 0.0697. The Bertz CT molecular complexity index is 1260. The van der Waals surface area contributed by atoms with E-state index in [2.05, 4.69) is 51.6 Å². The van der Waals surface area contributed by atoms with Gasteiger partial charge in [-0.2, -0.15) is 0 Å². The Morgan fingerprint density at radius 2 is 1.78 bits per heavy atom. The largest absolute Gasteiger partial charge is 0.478 e. The van der Waals surface area contributed by atoms with Crippen LogP contribution < -0.4 is 4.90 Å². The summed E-state index contributed by atoms with van der Waals surface area (Å²) >= 11 is 0. The van der Waals surface area contributed by atoms with Crippen molar-refractivity contribution >= 4 is 22.6 Å². The van der Waals surface area contributed by atoms with Gasteiger partial charge < -0.3 is 19.5 Å². The highest BCUT2D eigenvalue weighted by Crippen LogP contribution is 2.47. The second-order valence-corrected chi connectivity index (χ2v) is 11.3. The van der Waals surface area contributed by atoms with E-state index in [4.69, 9.17) is 0 Å². The van der Waals surface area contributed by atoms with Crippen LogP contribution in [-0.2, 0) is 6.54 Å². The van der Waals surface area contributed by atoms with Gasteiger partial charge in [0.05, 0.1) is 11.3 Å². The lowest BCUT2D eigenvalue weighted by atomic mass is 9.81. The topological polar surface area (TPSA) is 48.7 Å². The molecule has 1 aliphatic carbocycles. The fraction of sp³-hybridized carbons (Fsp3) is 0.516. The van der Waals surface area contributed by atoms with Crippen molar-refractivity contribution in [3.05, 3.63) is 53.6 Å². The molecule has 3 aromatic rings. The van der Waals surface area contributed by atoms with Gasteiger partial charge in [-0.3, -0.25) is 0 Å². The summed E-state index contributed by atoms with van der Waals surface area (Å²) < 4.78 is 2.45. The summed E-state index contributed by atoms with van der Waals surface area (Å²) in [6.45, 7) is 8.77. The highest BCUT2D eigenvalue weighted by molar-refractivity contribution is 5.99. The van der Waals surface area contributed by atoms with E-state index in [9.17, 15) is 9.90 Å². The quantitative estimate of drug-likeness (QED) is 0.442. The number of hydrogen-bond acceptors (Lipinski definition) is 3. The maximum Gasteiger partial charge on any atom is 0.335 e. The second kappa shape index (κ2) is 9.93. The van der Waals surface area contributed by atoms with Gasteiger partial charge in [-0.15, -0.1) is 0 Å². The Kier molecular flexibility index (Phi) is 6.51. The third-order valence-electron chi connectivity index (χ3n) is 8.88. The molecule has 0 spiro atoms. The number of carboxylic acids is 1. The molecule has 0 bridgehead atoms. The van der Waals surface area contributed by atoms with Crippen LogP contribution in [0.4, 0.5) is 5.69 Å². The van der Waals surface area contributed by atoms with Crippen LogP contribution in [0.1, 0.15) is 73.7 Å². The van der Waals surface area contributed by atoms with Crippen molar-refractivity contribution in [2.24, 2.45) is 5.92 Å². The van der Waals surface area contributed by atoms with Crippen molar-refractivity contribution < 1.29 is 9.90 Å². The van der Waals surface area contributed by atoms with E-state index in [0.717, 1.165) is 37.6 Å². The van der Waals surface area contributed by atoms with Crippen molar-refractivity contribution in [1.29, 1.82) is 0 Å². The molecule has 0 amide bonds. The van der Waals surface area contributed by atoms with Crippen LogP contribution in [0.3, 0.4) is 0 Å². The fourth-order valence-electron chi connectivity index (χ4n) is 7.11. The van der Waals surface area contributed by atoms with Crippen molar-refractivity contribution in [1.82, 2.24) is 9.47 Å². The third-order valence-corrected chi connectivity index (χ3v) is 8.88. The molecule has 190 valence electrons. The van der Waals surface area contributed by atoms with E-state index in [-0.39, 0.29) is 0 Å². The standard InChI is InChI=1S/C31H39N3O2/c1-22-8-7-15-32(21-22)16-17-33-18-19-34-28-20-24(31(35)36)13-14-25(28)29(23-9-3-2-4-10-23)30(34)26-11-5-6-12-27(26)33/h5-6,11-14,20,22-23H,2-4,7-10,15-19,21H2,1H3,(H,35,36). The van der Waals surface area contributed by atoms with E-state index in [1.807, 2.05) is 6.07 Å². The van der Waals surface area contributed by atoms with E-state index >= 15 is 0 Å². The molecule has 5 nitrogen and oxygen atoms in total. The zero-order valence-electron chi connectivity index (χ0n) is 21.6. The van der Waals surface area contributed by atoms with E-state index in [1.54, 1.807) is 6.07 Å². The van der Waals surface area contributed by atoms with E-state index < -0.39 is 5.97 Å². The molecule has 0 radical (unpaired) electrons.